The van der Waals surface area contributed by atoms with Crippen LogP contribution in [0.1, 0.15) is 39.3 Å². The van der Waals surface area contributed by atoms with Crippen molar-refractivity contribution in [3.63, 3.8) is 0 Å². The van der Waals surface area contributed by atoms with Crippen molar-refractivity contribution in [2.45, 2.75) is 39.8 Å². The van der Waals surface area contributed by atoms with E-state index in [2.05, 4.69) is 55.3 Å². The van der Waals surface area contributed by atoms with Crippen molar-refractivity contribution in [1.29, 1.82) is 0 Å². The second-order valence-corrected chi connectivity index (χ2v) is 6.46. The molecule has 0 amide bonds. The van der Waals surface area contributed by atoms with Gasteiger partial charge in [-0.05, 0) is 37.1 Å². The van der Waals surface area contributed by atoms with Crippen LogP contribution in [0.2, 0.25) is 0 Å². The van der Waals surface area contributed by atoms with Crippen LogP contribution in [0, 0.1) is 5.41 Å². The Balaban J connectivity index is 2.41. The number of likely N-dealkylation sites (N-methyl/N-ethyl adjacent to an activating group) is 1. The van der Waals surface area contributed by atoms with Gasteiger partial charge in [0.15, 0.2) is 0 Å². The summed E-state index contributed by atoms with van der Waals surface area (Å²) < 4.78 is 6.04. The Hall–Kier alpha value is -1.45. The topological polar surface area (TPSA) is 34.1 Å². The summed E-state index contributed by atoms with van der Waals surface area (Å²) in [6.45, 7) is 9.42. The zero-order chi connectivity index (χ0) is 15.5. The molecule has 1 aromatic heterocycles. The fourth-order valence-electron chi connectivity index (χ4n) is 2.80. The minimum absolute atomic E-state index is 0.0583. The maximum Gasteiger partial charge on any atom is 0.0817 e. The first-order chi connectivity index (χ1) is 9.97. The number of pyridine rings is 1. The molecule has 2 aromatic rings. The first-order valence-electron chi connectivity index (χ1n) is 7.61. The number of rotatable bonds is 5. The third kappa shape index (κ3) is 3.60. The molecule has 0 aliphatic carbocycles. The highest BCUT2D eigenvalue weighted by atomic mass is 16.5. The Kier molecular flexibility index (Phi) is 4.96. The molecule has 21 heavy (non-hydrogen) atoms. The predicted octanol–water partition coefficient (Wildman–Crippen LogP) is 3.95. The largest absolute Gasteiger partial charge is 0.376 e. The summed E-state index contributed by atoms with van der Waals surface area (Å²) in [7, 11) is 1.99. The van der Waals surface area contributed by atoms with E-state index in [0.29, 0.717) is 6.61 Å². The normalized spacial score (nSPS) is 15.1. The summed E-state index contributed by atoms with van der Waals surface area (Å²) in [5.41, 5.74) is 2.31. The van der Waals surface area contributed by atoms with E-state index in [1.54, 1.807) is 0 Å². The lowest BCUT2D eigenvalue weighted by Gasteiger charge is -2.37. The van der Waals surface area contributed by atoms with Crippen LogP contribution in [0.3, 0.4) is 0 Å². The van der Waals surface area contributed by atoms with Crippen molar-refractivity contribution < 1.29 is 4.74 Å². The highest BCUT2D eigenvalue weighted by Crippen LogP contribution is 2.33. The average Bonchev–Trinajstić information content (AvgIpc) is 2.46. The molecule has 1 N–H and O–H groups in total. The molecule has 114 valence electrons. The molecule has 3 heteroatoms. The highest BCUT2D eigenvalue weighted by molar-refractivity contribution is 5.79. The van der Waals surface area contributed by atoms with Gasteiger partial charge in [-0.3, -0.25) is 4.98 Å². The van der Waals surface area contributed by atoms with E-state index in [4.69, 9.17) is 4.74 Å². The predicted molar refractivity (Wildman–Crippen MR) is 88.4 cm³/mol. The van der Waals surface area contributed by atoms with Crippen molar-refractivity contribution in [2.24, 2.45) is 5.41 Å². The van der Waals surface area contributed by atoms with Gasteiger partial charge in [0.1, 0.15) is 0 Å². The first kappa shape index (κ1) is 15.9. The summed E-state index contributed by atoms with van der Waals surface area (Å²) in [5, 5.41) is 4.59. The summed E-state index contributed by atoms with van der Waals surface area (Å²) in [5.74, 6) is 0. The first-order valence-corrected chi connectivity index (χ1v) is 7.61. The lowest BCUT2D eigenvalue weighted by molar-refractivity contribution is -0.0350. The van der Waals surface area contributed by atoms with Gasteiger partial charge < -0.3 is 10.1 Å². The molecule has 0 fully saturated rings. The number of aromatic nitrogens is 1. The van der Waals surface area contributed by atoms with Crippen LogP contribution < -0.4 is 5.32 Å². The van der Waals surface area contributed by atoms with Gasteiger partial charge >= 0.3 is 0 Å². The summed E-state index contributed by atoms with van der Waals surface area (Å²) in [6, 6.07) is 10.7. The third-order valence-electron chi connectivity index (χ3n) is 3.80. The maximum absolute atomic E-state index is 6.04. The van der Waals surface area contributed by atoms with Gasteiger partial charge in [-0.1, -0.05) is 39.0 Å². The molecule has 0 radical (unpaired) electrons. The molecule has 0 saturated heterocycles. The molecule has 2 unspecified atom stereocenters. The molecule has 2 rings (SSSR count). The van der Waals surface area contributed by atoms with Crippen LogP contribution >= 0.6 is 0 Å². The molecule has 2 atom stereocenters. The van der Waals surface area contributed by atoms with Crippen LogP contribution in [0.4, 0.5) is 0 Å². The molecule has 0 bridgehead atoms. The van der Waals surface area contributed by atoms with Crippen LogP contribution in [0.15, 0.2) is 36.5 Å². The Bertz CT molecular complexity index is 589. The molecule has 0 spiro atoms. The van der Waals surface area contributed by atoms with Crippen LogP contribution in [0.25, 0.3) is 10.9 Å². The highest BCUT2D eigenvalue weighted by Gasteiger charge is 2.33. The van der Waals surface area contributed by atoms with Crippen LogP contribution in [-0.2, 0) is 4.74 Å². The quantitative estimate of drug-likeness (QED) is 0.903. The Labute approximate surface area is 127 Å². The molecule has 1 heterocycles. The number of hydrogen-bond donors (Lipinski definition) is 1. The standard InChI is InChI=1S/C18H26N2O/c1-6-21-17(18(2,3)4)16(19-5)14-10-9-13-8-7-11-20-15(13)12-14/h7-12,16-17,19H,6H2,1-5H3. The van der Waals surface area contributed by atoms with Crippen molar-refractivity contribution in [3.8, 4) is 0 Å². The molecule has 0 aliphatic rings. The van der Waals surface area contributed by atoms with E-state index in [1.165, 1.54) is 10.9 Å². The van der Waals surface area contributed by atoms with Gasteiger partial charge in [0.05, 0.1) is 17.7 Å². The van der Waals surface area contributed by atoms with Gasteiger partial charge in [0.2, 0.25) is 0 Å². The molecular weight excluding hydrogens is 260 g/mol. The van der Waals surface area contributed by atoms with E-state index in [0.717, 1.165) is 5.52 Å². The Morgan fingerprint density at radius 2 is 2.00 bits per heavy atom. The van der Waals surface area contributed by atoms with Gasteiger partial charge in [-0.2, -0.15) is 0 Å². The smallest absolute Gasteiger partial charge is 0.0817 e. The van der Waals surface area contributed by atoms with E-state index in [1.807, 2.05) is 26.2 Å². The lowest BCUT2D eigenvalue weighted by Crippen LogP contribution is -2.41. The SMILES string of the molecule is CCOC(C(NC)c1ccc2cccnc2c1)C(C)(C)C. The van der Waals surface area contributed by atoms with Crippen LogP contribution in [-0.4, -0.2) is 24.7 Å². The monoisotopic (exact) mass is 286 g/mol. The summed E-state index contributed by atoms with van der Waals surface area (Å²) in [4.78, 5) is 4.46. The zero-order valence-corrected chi connectivity index (χ0v) is 13.7. The van der Waals surface area contributed by atoms with E-state index >= 15 is 0 Å². The van der Waals surface area contributed by atoms with Gasteiger partial charge in [-0.15, -0.1) is 0 Å². The van der Waals surface area contributed by atoms with Crippen molar-refractivity contribution in [3.05, 3.63) is 42.1 Å². The molecule has 0 saturated carbocycles. The molecular formula is C18H26N2O. The number of nitrogens with one attached hydrogen (secondary N) is 1. The Morgan fingerprint density at radius 1 is 1.24 bits per heavy atom. The number of hydrogen-bond acceptors (Lipinski definition) is 3. The fourth-order valence-corrected chi connectivity index (χ4v) is 2.80. The molecule has 3 nitrogen and oxygen atoms in total. The minimum Gasteiger partial charge on any atom is -0.376 e. The minimum atomic E-state index is 0.0583. The van der Waals surface area contributed by atoms with Crippen molar-refractivity contribution >= 4 is 10.9 Å². The zero-order valence-electron chi connectivity index (χ0n) is 13.7. The van der Waals surface area contributed by atoms with Gasteiger partial charge in [-0.25, -0.2) is 0 Å². The van der Waals surface area contributed by atoms with E-state index in [9.17, 15) is 0 Å². The van der Waals surface area contributed by atoms with Crippen molar-refractivity contribution in [1.82, 2.24) is 10.3 Å². The van der Waals surface area contributed by atoms with Gasteiger partial charge in [0.25, 0.3) is 0 Å². The lowest BCUT2D eigenvalue weighted by atomic mass is 9.82. The molecule has 0 aliphatic heterocycles. The summed E-state index contributed by atoms with van der Waals surface area (Å²) >= 11 is 0. The Morgan fingerprint density at radius 3 is 2.62 bits per heavy atom. The molecule has 1 aromatic carbocycles. The third-order valence-corrected chi connectivity index (χ3v) is 3.80. The second-order valence-electron chi connectivity index (χ2n) is 6.46. The van der Waals surface area contributed by atoms with E-state index in [-0.39, 0.29) is 17.6 Å². The van der Waals surface area contributed by atoms with Gasteiger partial charge in [0, 0.05) is 18.2 Å². The number of nitrogens with zero attached hydrogens (tertiary/aromatic N) is 1. The van der Waals surface area contributed by atoms with E-state index < -0.39 is 0 Å². The number of ether oxygens (including phenoxy) is 1. The number of benzene rings is 1. The number of fused-ring (bicyclic) bond motifs is 1. The van der Waals surface area contributed by atoms with Crippen LogP contribution in [0.5, 0.6) is 0 Å². The summed E-state index contributed by atoms with van der Waals surface area (Å²) in [6.07, 6.45) is 1.94. The van der Waals surface area contributed by atoms with Crippen molar-refractivity contribution in [2.75, 3.05) is 13.7 Å². The average molecular weight is 286 g/mol. The maximum atomic E-state index is 6.04. The second kappa shape index (κ2) is 6.54. The fraction of sp³-hybridized carbons (Fsp3) is 0.500.